The molecule has 1 aromatic heterocycles. The average molecular weight is 718 g/mol. The molecule has 244 valence electrons. The molecule has 12 heteroatoms. The summed E-state index contributed by atoms with van der Waals surface area (Å²) in [7, 11) is 0. The number of thioether (sulfide) groups is 1. The first-order valence-electron chi connectivity index (χ1n) is 14.8. The number of benzene rings is 4. The third kappa shape index (κ3) is 9.48. The highest BCUT2D eigenvalue weighted by Crippen LogP contribution is 2.30. The van der Waals surface area contributed by atoms with Crippen LogP contribution in [0.5, 0.6) is 5.75 Å². The van der Waals surface area contributed by atoms with E-state index in [0.29, 0.717) is 38.6 Å². The number of aromatic nitrogens is 1. The smallest absolute Gasteiger partial charge is 0.272 e. The Morgan fingerprint density at radius 3 is 2.44 bits per heavy atom. The third-order valence-electron chi connectivity index (χ3n) is 6.76. The third-order valence-corrected chi connectivity index (χ3v) is 9.17. The molecule has 1 heterocycles. The average Bonchev–Trinajstić information content (AvgIpc) is 3.55. The van der Waals surface area contributed by atoms with Gasteiger partial charge in [0.25, 0.3) is 11.8 Å². The summed E-state index contributed by atoms with van der Waals surface area (Å²) in [5.74, 6) is -0.451. The number of rotatable bonds is 12. The number of anilines is 2. The van der Waals surface area contributed by atoms with E-state index in [9.17, 15) is 14.4 Å². The highest BCUT2D eigenvalue weighted by molar-refractivity contribution is 8.00. The number of carbonyl (C=O) groups is 3. The summed E-state index contributed by atoms with van der Waals surface area (Å²) < 4.78 is 5.50. The molecule has 8 nitrogen and oxygen atoms in total. The molecule has 1 unspecified atom stereocenters. The van der Waals surface area contributed by atoms with Gasteiger partial charge in [-0.2, -0.15) is 0 Å². The van der Waals surface area contributed by atoms with Crippen molar-refractivity contribution in [1.29, 1.82) is 0 Å². The van der Waals surface area contributed by atoms with Crippen LogP contribution >= 0.6 is 46.3 Å². The first-order valence-corrected chi connectivity index (χ1v) is 17.3. The van der Waals surface area contributed by atoms with Gasteiger partial charge in [0, 0.05) is 37.1 Å². The maximum Gasteiger partial charge on any atom is 0.272 e. The summed E-state index contributed by atoms with van der Waals surface area (Å²) in [6.45, 7) is 4.32. The van der Waals surface area contributed by atoms with Crippen LogP contribution in [0.2, 0.25) is 10.0 Å². The van der Waals surface area contributed by atoms with Gasteiger partial charge in [0.1, 0.15) is 11.4 Å². The van der Waals surface area contributed by atoms with Crippen LogP contribution < -0.4 is 20.7 Å². The normalized spacial score (nSPS) is 11.8. The van der Waals surface area contributed by atoms with E-state index in [-0.39, 0.29) is 11.6 Å². The molecule has 0 radical (unpaired) electrons. The number of carbonyl (C=O) groups excluding carboxylic acids is 3. The summed E-state index contributed by atoms with van der Waals surface area (Å²) in [6, 6.07) is 28.1. The lowest BCUT2D eigenvalue weighted by Crippen LogP contribution is -2.30. The zero-order valence-corrected chi connectivity index (χ0v) is 29.0. The van der Waals surface area contributed by atoms with E-state index >= 15 is 0 Å². The Bertz CT molecular complexity index is 1950. The van der Waals surface area contributed by atoms with Crippen LogP contribution in [-0.2, 0) is 9.59 Å². The summed E-state index contributed by atoms with van der Waals surface area (Å²) >= 11 is 15.1. The highest BCUT2D eigenvalue weighted by atomic mass is 35.5. The van der Waals surface area contributed by atoms with E-state index in [1.807, 2.05) is 42.6 Å². The number of thiazole rings is 1. The van der Waals surface area contributed by atoms with Crippen molar-refractivity contribution in [2.24, 2.45) is 0 Å². The predicted octanol–water partition coefficient (Wildman–Crippen LogP) is 9.04. The Morgan fingerprint density at radius 2 is 1.71 bits per heavy atom. The number of nitrogens with one attached hydrogen (secondary N) is 3. The molecule has 0 fully saturated rings. The Labute approximate surface area is 296 Å². The summed E-state index contributed by atoms with van der Waals surface area (Å²) in [5, 5.41) is 11.1. The van der Waals surface area contributed by atoms with E-state index in [0.717, 1.165) is 21.9 Å². The number of hydrogen-bond acceptors (Lipinski definition) is 7. The van der Waals surface area contributed by atoms with Gasteiger partial charge in [-0.25, -0.2) is 4.98 Å². The second-order valence-electron chi connectivity index (χ2n) is 10.3. The van der Waals surface area contributed by atoms with Gasteiger partial charge < -0.3 is 20.7 Å². The van der Waals surface area contributed by atoms with Gasteiger partial charge in [-0.05, 0) is 92.2 Å². The van der Waals surface area contributed by atoms with E-state index in [1.54, 1.807) is 73.7 Å². The lowest BCUT2D eigenvalue weighted by molar-refractivity contribution is -0.115. The van der Waals surface area contributed by atoms with Crippen LogP contribution in [0.15, 0.2) is 113 Å². The molecule has 0 aliphatic rings. The van der Waals surface area contributed by atoms with Crippen molar-refractivity contribution in [3.63, 3.8) is 0 Å². The molecule has 5 aromatic rings. The second kappa shape index (κ2) is 16.5. The standard InChI is InChI=1S/C36H30Cl2N4O4S2/c1-3-46-28-16-13-23(14-17-28)32-21-47-36(41-32)42-33(43)22(2)48-29-11-7-10-27(20-29)39-35(45)31(18-25-12-15-26(37)19-30(25)38)40-34(44)24-8-5-4-6-9-24/h4-22H,3H2,1-2H3,(H,39,45)(H,40,44)(H,41,42,43)/b31-18+. The molecule has 5 rings (SSSR count). The maximum atomic E-state index is 13.5. The Hall–Kier alpha value is -4.61. The maximum absolute atomic E-state index is 13.5. The van der Waals surface area contributed by atoms with Crippen LogP contribution in [0.3, 0.4) is 0 Å². The zero-order valence-electron chi connectivity index (χ0n) is 25.8. The Morgan fingerprint density at radius 1 is 0.938 bits per heavy atom. The summed E-state index contributed by atoms with van der Waals surface area (Å²) in [4.78, 5) is 44.9. The molecular weight excluding hydrogens is 687 g/mol. The van der Waals surface area contributed by atoms with Gasteiger partial charge in [-0.15, -0.1) is 23.1 Å². The van der Waals surface area contributed by atoms with Gasteiger partial charge >= 0.3 is 0 Å². The minimum absolute atomic E-state index is 0.0214. The summed E-state index contributed by atoms with van der Waals surface area (Å²) in [5.41, 5.74) is 3.01. The molecule has 48 heavy (non-hydrogen) atoms. The first-order chi connectivity index (χ1) is 23.2. The van der Waals surface area contributed by atoms with Crippen LogP contribution in [0, 0.1) is 0 Å². The Balaban J connectivity index is 1.25. The summed E-state index contributed by atoms with van der Waals surface area (Å²) in [6.07, 6.45) is 1.49. The van der Waals surface area contributed by atoms with E-state index in [1.165, 1.54) is 29.2 Å². The lowest BCUT2D eigenvalue weighted by atomic mass is 10.1. The number of nitrogens with zero attached hydrogens (tertiary/aromatic N) is 1. The quantitative estimate of drug-likeness (QED) is 0.0878. The van der Waals surface area contributed by atoms with Crippen molar-refractivity contribution < 1.29 is 19.1 Å². The molecule has 3 N–H and O–H groups in total. The fourth-order valence-electron chi connectivity index (χ4n) is 4.38. The minimum atomic E-state index is -0.564. The number of amides is 3. The number of hydrogen-bond donors (Lipinski definition) is 3. The van der Waals surface area contributed by atoms with Crippen molar-refractivity contribution in [2.75, 3.05) is 17.2 Å². The van der Waals surface area contributed by atoms with Gasteiger partial charge in [0.05, 0.1) is 17.6 Å². The zero-order chi connectivity index (χ0) is 34.0. The lowest BCUT2D eigenvalue weighted by Gasteiger charge is -2.14. The molecule has 0 saturated carbocycles. The molecule has 0 aliphatic heterocycles. The van der Waals surface area contributed by atoms with E-state index in [4.69, 9.17) is 27.9 Å². The number of ether oxygens (including phenoxy) is 1. The molecule has 0 bridgehead atoms. The van der Waals surface area contributed by atoms with Crippen molar-refractivity contribution in [1.82, 2.24) is 10.3 Å². The van der Waals surface area contributed by atoms with Gasteiger partial charge in [-0.1, -0.05) is 53.5 Å². The van der Waals surface area contributed by atoms with Crippen molar-refractivity contribution >= 4 is 80.9 Å². The predicted molar refractivity (Wildman–Crippen MR) is 196 cm³/mol. The molecule has 0 saturated heterocycles. The molecule has 4 aromatic carbocycles. The van der Waals surface area contributed by atoms with Crippen molar-refractivity contribution in [2.45, 2.75) is 24.0 Å². The minimum Gasteiger partial charge on any atom is -0.494 e. The topological polar surface area (TPSA) is 109 Å². The van der Waals surface area contributed by atoms with Crippen LogP contribution in [0.4, 0.5) is 10.8 Å². The molecule has 1 atom stereocenters. The first kappa shape index (κ1) is 34.7. The van der Waals surface area contributed by atoms with Gasteiger partial charge in [0.15, 0.2) is 5.13 Å². The molecule has 0 aliphatic carbocycles. The SMILES string of the molecule is CCOc1ccc(-c2csc(NC(=O)C(C)Sc3cccc(NC(=O)/C(=C\c4ccc(Cl)cc4Cl)NC(=O)c4ccccc4)c3)n2)cc1. The van der Waals surface area contributed by atoms with E-state index in [2.05, 4.69) is 20.9 Å². The fraction of sp³-hybridized carbons (Fsp3) is 0.111. The van der Waals surface area contributed by atoms with Crippen LogP contribution in [-0.4, -0.2) is 34.6 Å². The Kier molecular flexibility index (Phi) is 11.9. The second-order valence-corrected chi connectivity index (χ2v) is 13.4. The van der Waals surface area contributed by atoms with Crippen LogP contribution in [0.25, 0.3) is 17.3 Å². The monoisotopic (exact) mass is 716 g/mol. The van der Waals surface area contributed by atoms with Crippen molar-refractivity contribution in [3.05, 3.63) is 129 Å². The van der Waals surface area contributed by atoms with Gasteiger partial charge in [0.2, 0.25) is 5.91 Å². The number of halogens is 2. The van der Waals surface area contributed by atoms with Crippen molar-refractivity contribution in [3.8, 4) is 17.0 Å². The van der Waals surface area contributed by atoms with Crippen LogP contribution in [0.1, 0.15) is 29.8 Å². The van der Waals surface area contributed by atoms with E-state index < -0.39 is 17.1 Å². The molecular formula is C36H30Cl2N4O4S2. The molecule has 3 amide bonds. The molecule has 0 spiro atoms. The fourth-order valence-corrected chi connectivity index (χ4v) is 6.49. The highest BCUT2D eigenvalue weighted by Gasteiger charge is 2.19. The van der Waals surface area contributed by atoms with Gasteiger partial charge in [-0.3, -0.25) is 14.4 Å². The largest absolute Gasteiger partial charge is 0.494 e.